The average molecular weight is 261 g/mol. The van der Waals surface area contributed by atoms with Crippen LogP contribution in [-0.4, -0.2) is 28.9 Å². The molecular formula is C11H17ClN2O3. The molecule has 0 unspecified atom stereocenters. The summed E-state index contributed by atoms with van der Waals surface area (Å²) in [6.45, 7) is 6.70. The van der Waals surface area contributed by atoms with E-state index in [9.17, 15) is 4.79 Å². The highest BCUT2D eigenvalue weighted by Crippen LogP contribution is 2.14. The number of hydrogen-bond donors (Lipinski definition) is 0. The Bertz CT molecular complexity index is 437. The Hall–Kier alpha value is -1.07. The summed E-state index contributed by atoms with van der Waals surface area (Å²) in [6.07, 6.45) is 1.39. The van der Waals surface area contributed by atoms with E-state index < -0.39 is 0 Å². The van der Waals surface area contributed by atoms with Crippen LogP contribution in [0.4, 0.5) is 0 Å². The number of halogens is 1. The Balaban J connectivity index is 2.76. The van der Waals surface area contributed by atoms with E-state index >= 15 is 0 Å². The molecule has 0 aliphatic rings. The summed E-state index contributed by atoms with van der Waals surface area (Å²) in [5, 5.41) is 0.0745. The second-order valence-corrected chi connectivity index (χ2v) is 4.89. The fourth-order valence-electron chi connectivity index (χ4n) is 1.23. The maximum Gasteiger partial charge on any atom is 0.297 e. The first kappa shape index (κ1) is 14.0. The lowest BCUT2D eigenvalue weighted by Gasteiger charge is -2.19. The highest BCUT2D eigenvalue weighted by Gasteiger charge is 2.12. The van der Waals surface area contributed by atoms with E-state index in [1.165, 1.54) is 18.0 Å². The molecule has 0 radical (unpaired) electrons. The number of aromatic nitrogens is 2. The molecule has 0 spiro atoms. The topological polar surface area (TPSA) is 53.4 Å². The van der Waals surface area contributed by atoms with Crippen molar-refractivity contribution in [3.05, 3.63) is 21.8 Å². The number of hydrogen-bond acceptors (Lipinski definition) is 4. The normalized spacial score (nSPS) is 11.6. The molecule has 17 heavy (non-hydrogen) atoms. The van der Waals surface area contributed by atoms with Gasteiger partial charge in [0.15, 0.2) is 5.15 Å². The minimum Gasteiger partial charge on any atom is -0.489 e. The zero-order valence-corrected chi connectivity index (χ0v) is 11.2. The third kappa shape index (κ3) is 4.02. The van der Waals surface area contributed by atoms with Gasteiger partial charge in [0.2, 0.25) is 5.75 Å². The van der Waals surface area contributed by atoms with Gasteiger partial charge in [-0.15, -0.1) is 0 Å². The van der Waals surface area contributed by atoms with E-state index in [1.807, 2.05) is 20.8 Å². The molecular weight excluding hydrogens is 244 g/mol. The Morgan fingerprint density at radius 3 is 2.65 bits per heavy atom. The maximum atomic E-state index is 11.8. The Morgan fingerprint density at radius 2 is 2.12 bits per heavy atom. The third-order valence-electron chi connectivity index (χ3n) is 2.02. The molecule has 0 amide bonds. The standard InChI is InChI=1S/C11H17ClN2O3/c1-11(2,3)17-6-5-14-7-13-9(12)8(16-4)10(14)15/h7H,5-6H2,1-4H3. The predicted octanol–water partition coefficient (Wildman–Crippen LogP) is 1.72. The van der Waals surface area contributed by atoms with Crippen LogP contribution in [0.2, 0.25) is 5.15 Å². The SMILES string of the molecule is COc1c(Cl)ncn(CCOC(C)(C)C)c1=O. The van der Waals surface area contributed by atoms with Gasteiger partial charge in [0.1, 0.15) is 0 Å². The molecule has 0 atom stereocenters. The lowest BCUT2D eigenvalue weighted by atomic mass is 10.2. The van der Waals surface area contributed by atoms with E-state index in [0.717, 1.165) is 0 Å². The molecule has 6 heteroatoms. The van der Waals surface area contributed by atoms with Crippen LogP contribution in [0.25, 0.3) is 0 Å². The highest BCUT2D eigenvalue weighted by molar-refractivity contribution is 6.30. The van der Waals surface area contributed by atoms with Crippen LogP contribution in [0.1, 0.15) is 20.8 Å². The van der Waals surface area contributed by atoms with Gasteiger partial charge in [-0.3, -0.25) is 9.36 Å². The van der Waals surface area contributed by atoms with Gasteiger partial charge >= 0.3 is 0 Å². The minimum absolute atomic E-state index is 0.0601. The molecule has 1 aromatic rings. The van der Waals surface area contributed by atoms with Crippen LogP contribution in [0, 0.1) is 0 Å². The second kappa shape index (κ2) is 5.51. The Kier molecular flexibility index (Phi) is 4.54. The van der Waals surface area contributed by atoms with Crippen molar-refractivity contribution in [3.63, 3.8) is 0 Å². The summed E-state index contributed by atoms with van der Waals surface area (Å²) in [7, 11) is 1.39. The van der Waals surface area contributed by atoms with E-state index in [4.69, 9.17) is 21.1 Å². The van der Waals surface area contributed by atoms with Crippen LogP contribution >= 0.6 is 11.6 Å². The van der Waals surface area contributed by atoms with Gasteiger partial charge in [0.25, 0.3) is 5.56 Å². The largest absolute Gasteiger partial charge is 0.489 e. The Labute approximate surface area is 105 Å². The van der Waals surface area contributed by atoms with Crippen LogP contribution in [0.3, 0.4) is 0 Å². The van der Waals surface area contributed by atoms with Crippen LogP contribution in [0.5, 0.6) is 5.75 Å². The number of methoxy groups -OCH3 is 1. The lowest BCUT2D eigenvalue weighted by molar-refractivity contribution is -0.00727. The first-order chi connectivity index (χ1) is 7.85. The summed E-state index contributed by atoms with van der Waals surface area (Å²) in [4.78, 5) is 15.7. The summed E-state index contributed by atoms with van der Waals surface area (Å²) in [5.74, 6) is 0.0601. The minimum atomic E-state index is -0.301. The van der Waals surface area contributed by atoms with Gasteiger partial charge in [0.05, 0.1) is 32.2 Å². The van der Waals surface area contributed by atoms with Crippen molar-refractivity contribution in [2.45, 2.75) is 32.9 Å². The van der Waals surface area contributed by atoms with E-state index in [2.05, 4.69) is 4.98 Å². The second-order valence-electron chi connectivity index (χ2n) is 4.53. The van der Waals surface area contributed by atoms with Gasteiger partial charge in [0, 0.05) is 0 Å². The van der Waals surface area contributed by atoms with Crippen molar-refractivity contribution in [2.75, 3.05) is 13.7 Å². The van der Waals surface area contributed by atoms with Crippen molar-refractivity contribution >= 4 is 11.6 Å². The summed E-state index contributed by atoms with van der Waals surface area (Å²) in [5.41, 5.74) is -0.530. The highest BCUT2D eigenvalue weighted by atomic mass is 35.5. The fourth-order valence-corrected chi connectivity index (χ4v) is 1.43. The summed E-state index contributed by atoms with van der Waals surface area (Å²) < 4.78 is 11.8. The van der Waals surface area contributed by atoms with Crippen molar-refractivity contribution in [1.82, 2.24) is 9.55 Å². The number of nitrogens with zero attached hydrogens (tertiary/aromatic N) is 2. The van der Waals surface area contributed by atoms with Gasteiger partial charge in [-0.1, -0.05) is 11.6 Å². The van der Waals surface area contributed by atoms with Gasteiger partial charge in [-0.2, -0.15) is 0 Å². The molecule has 0 aliphatic heterocycles. The molecule has 1 rings (SSSR count). The van der Waals surface area contributed by atoms with E-state index in [1.54, 1.807) is 0 Å². The smallest absolute Gasteiger partial charge is 0.297 e. The van der Waals surface area contributed by atoms with Crippen LogP contribution < -0.4 is 10.3 Å². The molecule has 1 aromatic heterocycles. The molecule has 0 aromatic carbocycles. The summed E-state index contributed by atoms with van der Waals surface area (Å²) in [6, 6.07) is 0. The van der Waals surface area contributed by atoms with Crippen molar-refractivity contribution in [3.8, 4) is 5.75 Å². The maximum absolute atomic E-state index is 11.8. The first-order valence-electron chi connectivity index (χ1n) is 5.28. The van der Waals surface area contributed by atoms with Gasteiger partial charge in [-0.25, -0.2) is 4.98 Å². The van der Waals surface area contributed by atoms with Crippen molar-refractivity contribution < 1.29 is 9.47 Å². The predicted molar refractivity (Wildman–Crippen MR) is 65.8 cm³/mol. The lowest BCUT2D eigenvalue weighted by Crippen LogP contribution is -2.27. The average Bonchev–Trinajstić information content (AvgIpc) is 2.20. The zero-order valence-electron chi connectivity index (χ0n) is 10.5. The molecule has 0 saturated heterocycles. The molecule has 1 heterocycles. The van der Waals surface area contributed by atoms with Gasteiger partial charge < -0.3 is 9.47 Å². The quantitative estimate of drug-likeness (QED) is 0.774. The van der Waals surface area contributed by atoms with E-state index in [-0.39, 0.29) is 22.1 Å². The molecule has 0 aliphatic carbocycles. The molecule has 0 saturated carbocycles. The van der Waals surface area contributed by atoms with Crippen LogP contribution in [0.15, 0.2) is 11.1 Å². The molecule has 96 valence electrons. The molecule has 0 N–H and O–H groups in total. The van der Waals surface area contributed by atoms with Gasteiger partial charge in [-0.05, 0) is 20.8 Å². The first-order valence-corrected chi connectivity index (χ1v) is 5.66. The fraction of sp³-hybridized carbons (Fsp3) is 0.636. The molecule has 5 nitrogen and oxygen atoms in total. The van der Waals surface area contributed by atoms with Crippen molar-refractivity contribution in [2.24, 2.45) is 0 Å². The van der Waals surface area contributed by atoms with Crippen LogP contribution in [-0.2, 0) is 11.3 Å². The number of ether oxygens (including phenoxy) is 2. The molecule has 0 fully saturated rings. The Morgan fingerprint density at radius 1 is 1.47 bits per heavy atom. The van der Waals surface area contributed by atoms with Crippen molar-refractivity contribution in [1.29, 1.82) is 0 Å². The summed E-state index contributed by atoms with van der Waals surface area (Å²) >= 11 is 5.73. The monoisotopic (exact) mass is 260 g/mol. The van der Waals surface area contributed by atoms with E-state index in [0.29, 0.717) is 13.2 Å². The molecule has 0 bridgehead atoms. The number of rotatable bonds is 4. The zero-order chi connectivity index (χ0) is 13.1. The third-order valence-corrected chi connectivity index (χ3v) is 2.29.